The average Bonchev–Trinajstić information content (AvgIpc) is 2.77. The van der Waals surface area contributed by atoms with Gasteiger partial charge < -0.3 is 15.2 Å². The van der Waals surface area contributed by atoms with Gasteiger partial charge in [-0.25, -0.2) is 4.98 Å². The summed E-state index contributed by atoms with van der Waals surface area (Å²) in [7, 11) is 3.30. The summed E-state index contributed by atoms with van der Waals surface area (Å²) in [6, 6.07) is 3.84. The van der Waals surface area contributed by atoms with E-state index >= 15 is 0 Å². The highest BCUT2D eigenvalue weighted by molar-refractivity contribution is 7.18. The predicted octanol–water partition coefficient (Wildman–Crippen LogP) is 2.20. The molecule has 1 aromatic heterocycles. The van der Waals surface area contributed by atoms with Gasteiger partial charge in [-0.15, -0.1) is 11.3 Å². The Hall–Kier alpha value is -1.33. The highest BCUT2D eigenvalue weighted by Crippen LogP contribution is 2.34. The smallest absolute Gasteiger partial charge is 0.149 e. The number of nitrogens with two attached hydrogens (primary N) is 1. The van der Waals surface area contributed by atoms with Crippen LogP contribution in [0.4, 0.5) is 0 Å². The molecule has 0 aliphatic carbocycles. The van der Waals surface area contributed by atoms with E-state index in [9.17, 15) is 0 Å². The first-order valence-electron chi connectivity index (χ1n) is 5.50. The lowest BCUT2D eigenvalue weighted by Gasteiger charge is -2.03. The fraction of sp³-hybridized carbons (Fsp3) is 0.417. The summed E-state index contributed by atoms with van der Waals surface area (Å²) in [4.78, 5) is 4.58. The molecule has 0 aliphatic rings. The lowest BCUT2D eigenvalue weighted by atomic mass is 10.3. The first-order valence-corrected chi connectivity index (χ1v) is 6.31. The van der Waals surface area contributed by atoms with Gasteiger partial charge in [-0.1, -0.05) is 0 Å². The predicted molar refractivity (Wildman–Crippen MR) is 70.1 cm³/mol. The molecule has 0 fully saturated rings. The third kappa shape index (κ3) is 2.50. The second-order valence-corrected chi connectivity index (χ2v) is 4.79. The van der Waals surface area contributed by atoms with E-state index in [1.807, 2.05) is 12.1 Å². The molecule has 0 atom stereocenters. The van der Waals surface area contributed by atoms with Crippen molar-refractivity contribution in [1.29, 1.82) is 0 Å². The van der Waals surface area contributed by atoms with Gasteiger partial charge >= 0.3 is 0 Å². The second kappa shape index (κ2) is 5.33. The molecule has 0 amide bonds. The van der Waals surface area contributed by atoms with E-state index in [2.05, 4.69) is 4.98 Å². The van der Waals surface area contributed by atoms with Gasteiger partial charge in [-0.3, -0.25) is 0 Å². The minimum atomic E-state index is 0.691. The van der Waals surface area contributed by atoms with E-state index in [-0.39, 0.29) is 0 Å². The minimum Gasteiger partial charge on any atom is -0.497 e. The van der Waals surface area contributed by atoms with E-state index < -0.39 is 0 Å². The van der Waals surface area contributed by atoms with Gasteiger partial charge in [0.2, 0.25) is 0 Å². The Bertz CT molecular complexity index is 510. The summed E-state index contributed by atoms with van der Waals surface area (Å²) in [6.07, 6.45) is 1.88. The molecule has 17 heavy (non-hydrogen) atoms. The summed E-state index contributed by atoms with van der Waals surface area (Å²) in [5, 5.41) is 1.09. The van der Waals surface area contributed by atoms with Crippen LogP contribution in [0.15, 0.2) is 12.1 Å². The fourth-order valence-corrected chi connectivity index (χ4v) is 2.71. The maximum Gasteiger partial charge on any atom is 0.149 e. The molecule has 2 aromatic rings. The Labute approximate surface area is 104 Å². The summed E-state index contributed by atoms with van der Waals surface area (Å²) in [5.74, 6) is 1.55. The molecular weight excluding hydrogens is 236 g/mol. The van der Waals surface area contributed by atoms with Crippen molar-refractivity contribution < 1.29 is 9.47 Å². The molecule has 1 aromatic carbocycles. The molecule has 2 rings (SSSR count). The van der Waals surface area contributed by atoms with E-state index in [1.165, 1.54) is 0 Å². The van der Waals surface area contributed by atoms with Crippen molar-refractivity contribution in [2.75, 3.05) is 20.8 Å². The Morgan fingerprint density at radius 1 is 1.29 bits per heavy atom. The van der Waals surface area contributed by atoms with E-state index in [0.717, 1.165) is 39.6 Å². The largest absolute Gasteiger partial charge is 0.497 e. The van der Waals surface area contributed by atoms with Crippen LogP contribution < -0.4 is 15.2 Å². The number of hydrogen-bond acceptors (Lipinski definition) is 5. The third-order valence-electron chi connectivity index (χ3n) is 2.53. The van der Waals surface area contributed by atoms with Gasteiger partial charge in [0, 0.05) is 12.5 Å². The van der Waals surface area contributed by atoms with Crippen molar-refractivity contribution in [1.82, 2.24) is 4.98 Å². The normalized spacial score (nSPS) is 10.8. The van der Waals surface area contributed by atoms with Gasteiger partial charge in [0.25, 0.3) is 0 Å². The Kier molecular flexibility index (Phi) is 3.81. The van der Waals surface area contributed by atoms with Crippen LogP contribution in [0.3, 0.4) is 0 Å². The molecule has 4 nitrogen and oxygen atoms in total. The Morgan fingerprint density at radius 3 is 2.76 bits per heavy atom. The molecule has 0 spiro atoms. The fourth-order valence-electron chi connectivity index (χ4n) is 1.65. The lowest BCUT2D eigenvalue weighted by molar-refractivity contribution is 0.397. The van der Waals surface area contributed by atoms with Crippen LogP contribution in [0.1, 0.15) is 11.4 Å². The first kappa shape index (κ1) is 12.1. The van der Waals surface area contributed by atoms with Gasteiger partial charge in [0.1, 0.15) is 17.0 Å². The van der Waals surface area contributed by atoms with Crippen molar-refractivity contribution >= 4 is 21.6 Å². The van der Waals surface area contributed by atoms with Crippen LogP contribution in [0.5, 0.6) is 11.5 Å². The molecule has 5 heteroatoms. The quantitative estimate of drug-likeness (QED) is 0.886. The highest BCUT2D eigenvalue weighted by atomic mass is 32.1. The Balaban J connectivity index is 2.43. The molecule has 2 N–H and O–H groups in total. The maximum atomic E-state index is 5.50. The summed E-state index contributed by atoms with van der Waals surface area (Å²) in [5.41, 5.74) is 6.41. The number of benzene rings is 1. The number of ether oxygens (including phenoxy) is 2. The van der Waals surface area contributed by atoms with E-state index in [0.29, 0.717) is 6.54 Å². The van der Waals surface area contributed by atoms with E-state index in [4.69, 9.17) is 15.2 Å². The van der Waals surface area contributed by atoms with Crippen LogP contribution in [-0.4, -0.2) is 25.7 Å². The SMILES string of the molecule is COc1cc(OC)c2nc(CCCN)sc2c1. The molecular formula is C12H16N2O2S. The number of aryl methyl sites for hydroxylation is 1. The first-order chi connectivity index (χ1) is 8.28. The summed E-state index contributed by atoms with van der Waals surface area (Å²) < 4.78 is 11.7. The van der Waals surface area contributed by atoms with Crippen LogP contribution in [0, 0.1) is 0 Å². The number of nitrogens with zero attached hydrogens (tertiary/aromatic N) is 1. The topological polar surface area (TPSA) is 57.4 Å². The zero-order valence-electron chi connectivity index (χ0n) is 10.0. The molecule has 0 unspecified atom stereocenters. The number of fused-ring (bicyclic) bond motifs is 1. The molecule has 0 saturated carbocycles. The van der Waals surface area contributed by atoms with Gasteiger partial charge in [0.15, 0.2) is 0 Å². The molecule has 1 heterocycles. The molecule has 0 saturated heterocycles. The second-order valence-electron chi connectivity index (χ2n) is 3.68. The number of hydrogen-bond donors (Lipinski definition) is 1. The van der Waals surface area contributed by atoms with Gasteiger partial charge in [0.05, 0.1) is 23.9 Å². The maximum absolute atomic E-state index is 5.50. The molecule has 0 bridgehead atoms. The van der Waals surface area contributed by atoms with Crippen LogP contribution >= 0.6 is 11.3 Å². The van der Waals surface area contributed by atoms with Crippen molar-refractivity contribution in [2.24, 2.45) is 5.73 Å². The molecule has 0 radical (unpaired) electrons. The lowest BCUT2D eigenvalue weighted by Crippen LogP contribution is -1.99. The Morgan fingerprint density at radius 2 is 2.12 bits per heavy atom. The van der Waals surface area contributed by atoms with Crippen molar-refractivity contribution in [3.63, 3.8) is 0 Å². The minimum absolute atomic E-state index is 0.691. The van der Waals surface area contributed by atoms with E-state index in [1.54, 1.807) is 25.6 Å². The molecule has 92 valence electrons. The van der Waals surface area contributed by atoms with Crippen molar-refractivity contribution in [2.45, 2.75) is 12.8 Å². The summed E-state index contributed by atoms with van der Waals surface area (Å²) >= 11 is 1.67. The van der Waals surface area contributed by atoms with Crippen LogP contribution in [-0.2, 0) is 6.42 Å². The highest BCUT2D eigenvalue weighted by Gasteiger charge is 2.11. The zero-order valence-corrected chi connectivity index (χ0v) is 10.8. The average molecular weight is 252 g/mol. The number of rotatable bonds is 5. The van der Waals surface area contributed by atoms with Crippen molar-refractivity contribution in [3.8, 4) is 11.5 Å². The number of thiazole rings is 1. The number of aromatic nitrogens is 1. The van der Waals surface area contributed by atoms with Crippen LogP contribution in [0.25, 0.3) is 10.2 Å². The zero-order chi connectivity index (χ0) is 12.3. The third-order valence-corrected chi connectivity index (χ3v) is 3.59. The van der Waals surface area contributed by atoms with Gasteiger partial charge in [-0.05, 0) is 19.0 Å². The van der Waals surface area contributed by atoms with Gasteiger partial charge in [-0.2, -0.15) is 0 Å². The van der Waals surface area contributed by atoms with Crippen molar-refractivity contribution in [3.05, 3.63) is 17.1 Å². The summed E-state index contributed by atoms with van der Waals surface area (Å²) in [6.45, 7) is 0.691. The standard InChI is InChI=1S/C12H16N2O2S/c1-15-8-6-9(16-2)12-10(7-8)17-11(14-12)4-3-5-13/h6-7H,3-5,13H2,1-2H3. The van der Waals surface area contributed by atoms with Crippen LogP contribution in [0.2, 0.25) is 0 Å². The number of methoxy groups -OCH3 is 2. The monoisotopic (exact) mass is 252 g/mol. The molecule has 0 aliphatic heterocycles.